The highest BCUT2D eigenvalue weighted by atomic mass is 19.4. The van der Waals surface area contributed by atoms with Gasteiger partial charge in [0.2, 0.25) is 11.8 Å². The molecule has 0 amide bonds. The first-order valence-corrected chi connectivity index (χ1v) is 9.75. The molecule has 0 fully saturated rings. The number of ether oxygens (including phenoxy) is 4. The van der Waals surface area contributed by atoms with Gasteiger partial charge in [-0.1, -0.05) is 0 Å². The van der Waals surface area contributed by atoms with Gasteiger partial charge in [-0.05, 0) is 13.8 Å². The maximum Gasteiger partial charge on any atom is 0.434 e. The maximum atomic E-state index is 12.7. The van der Waals surface area contributed by atoms with Gasteiger partial charge in [0.25, 0.3) is 0 Å². The Hall–Kier alpha value is -4.17. The zero-order chi connectivity index (χ0) is 24.9. The lowest BCUT2D eigenvalue weighted by atomic mass is 10.3. The first kappa shape index (κ1) is 24.5. The van der Waals surface area contributed by atoms with Crippen LogP contribution in [-0.2, 0) is 22.4 Å². The van der Waals surface area contributed by atoms with Crippen molar-refractivity contribution >= 4 is 11.9 Å². The molecule has 15 heteroatoms. The van der Waals surface area contributed by atoms with E-state index in [4.69, 9.17) is 18.9 Å². The van der Waals surface area contributed by atoms with E-state index in [1.165, 1.54) is 24.2 Å². The van der Waals surface area contributed by atoms with Crippen molar-refractivity contribution in [1.29, 1.82) is 0 Å². The molecule has 0 atom stereocenters. The van der Waals surface area contributed by atoms with Gasteiger partial charge >= 0.3 is 18.1 Å². The second kappa shape index (κ2) is 10.2. The molecule has 0 aliphatic rings. The fraction of sp³-hybridized carbons (Fsp3) is 0.368. The number of halogens is 3. The van der Waals surface area contributed by atoms with Crippen LogP contribution in [0.3, 0.4) is 0 Å². The van der Waals surface area contributed by atoms with Gasteiger partial charge in [0.05, 0.1) is 38.9 Å². The molecular weight excluding hydrogens is 465 g/mol. The third-order valence-corrected chi connectivity index (χ3v) is 4.09. The molecule has 3 heterocycles. The molecule has 3 aromatic heterocycles. The monoisotopic (exact) mass is 484 g/mol. The average molecular weight is 484 g/mol. The van der Waals surface area contributed by atoms with Crippen molar-refractivity contribution in [3.05, 3.63) is 41.6 Å². The topological polar surface area (TPSA) is 132 Å². The van der Waals surface area contributed by atoms with Crippen LogP contribution in [0.25, 0.3) is 5.82 Å². The predicted octanol–water partition coefficient (Wildman–Crippen LogP) is 2.28. The molecule has 34 heavy (non-hydrogen) atoms. The summed E-state index contributed by atoms with van der Waals surface area (Å²) >= 11 is 0. The molecule has 0 aliphatic carbocycles. The van der Waals surface area contributed by atoms with Crippen molar-refractivity contribution in [1.82, 2.24) is 29.5 Å². The highest BCUT2D eigenvalue weighted by Gasteiger charge is 2.33. The van der Waals surface area contributed by atoms with Crippen molar-refractivity contribution in [3.63, 3.8) is 0 Å². The molecule has 0 N–H and O–H groups in total. The minimum atomic E-state index is -4.66. The summed E-state index contributed by atoms with van der Waals surface area (Å²) in [5.41, 5.74) is -1.24. The van der Waals surface area contributed by atoms with Crippen LogP contribution < -0.4 is 9.47 Å². The lowest BCUT2D eigenvalue weighted by Crippen LogP contribution is -2.10. The number of alkyl halides is 3. The summed E-state index contributed by atoms with van der Waals surface area (Å²) in [6.45, 7) is 3.14. The van der Waals surface area contributed by atoms with E-state index in [1.54, 1.807) is 13.8 Å². The Labute approximate surface area is 190 Å². The fourth-order valence-electron chi connectivity index (χ4n) is 2.61. The maximum absolute atomic E-state index is 12.7. The van der Waals surface area contributed by atoms with Crippen molar-refractivity contribution in [2.45, 2.75) is 26.8 Å². The van der Waals surface area contributed by atoms with Gasteiger partial charge in [0.15, 0.2) is 18.2 Å². The summed E-state index contributed by atoms with van der Waals surface area (Å²) in [4.78, 5) is 31.3. The van der Waals surface area contributed by atoms with Gasteiger partial charge in [-0.3, -0.25) is 0 Å². The van der Waals surface area contributed by atoms with Gasteiger partial charge in [-0.15, -0.1) is 10.2 Å². The highest BCUT2D eigenvalue weighted by Crippen LogP contribution is 2.27. The highest BCUT2D eigenvalue weighted by molar-refractivity contribution is 5.92. The number of rotatable bonds is 9. The Morgan fingerprint density at radius 2 is 1.59 bits per heavy atom. The van der Waals surface area contributed by atoms with E-state index in [0.717, 1.165) is 10.9 Å². The second-order valence-corrected chi connectivity index (χ2v) is 6.36. The SMILES string of the molecule is CCOC(=O)c1cn(COc2nn(-c3cnc(C(F)(F)F)cn3)cc2C(=O)OCC)nc1OC. The van der Waals surface area contributed by atoms with Crippen molar-refractivity contribution in [2.24, 2.45) is 0 Å². The molecule has 12 nitrogen and oxygen atoms in total. The Morgan fingerprint density at radius 1 is 0.941 bits per heavy atom. The number of nitrogens with zero attached hydrogens (tertiary/aromatic N) is 6. The molecule has 0 aromatic carbocycles. The third-order valence-electron chi connectivity index (χ3n) is 4.09. The number of carbonyl (C=O) groups is 2. The number of esters is 2. The second-order valence-electron chi connectivity index (χ2n) is 6.36. The number of hydrogen-bond donors (Lipinski definition) is 0. The van der Waals surface area contributed by atoms with Gasteiger partial charge < -0.3 is 18.9 Å². The number of hydrogen-bond acceptors (Lipinski definition) is 10. The molecule has 0 saturated carbocycles. The van der Waals surface area contributed by atoms with Gasteiger partial charge in [-0.2, -0.15) is 13.2 Å². The minimum absolute atomic E-state index is 0.00164. The Morgan fingerprint density at radius 3 is 2.12 bits per heavy atom. The van der Waals surface area contributed by atoms with Crippen molar-refractivity contribution < 1.29 is 41.7 Å². The van der Waals surface area contributed by atoms with Crippen LogP contribution in [0, 0.1) is 0 Å². The van der Waals surface area contributed by atoms with Crippen LogP contribution in [0.1, 0.15) is 40.3 Å². The molecular formula is C19H19F3N6O6. The number of carbonyl (C=O) groups excluding carboxylic acids is 2. The van der Waals surface area contributed by atoms with E-state index in [-0.39, 0.29) is 48.6 Å². The Balaban J connectivity index is 1.87. The first-order valence-electron chi connectivity index (χ1n) is 9.75. The zero-order valence-corrected chi connectivity index (χ0v) is 18.2. The summed E-state index contributed by atoms with van der Waals surface area (Å²) in [5, 5.41) is 8.10. The normalized spacial score (nSPS) is 11.2. The Kier molecular flexibility index (Phi) is 7.33. The summed E-state index contributed by atoms with van der Waals surface area (Å²) in [6.07, 6.45) is -0.780. The summed E-state index contributed by atoms with van der Waals surface area (Å²) < 4.78 is 61.0. The molecule has 0 saturated heterocycles. The van der Waals surface area contributed by atoms with Gasteiger partial charge in [0.1, 0.15) is 11.1 Å². The average Bonchev–Trinajstić information content (AvgIpc) is 3.42. The van der Waals surface area contributed by atoms with Crippen molar-refractivity contribution in [3.8, 4) is 17.6 Å². The van der Waals surface area contributed by atoms with Gasteiger partial charge in [-0.25, -0.2) is 28.9 Å². The van der Waals surface area contributed by atoms with Gasteiger partial charge in [0, 0.05) is 6.20 Å². The molecule has 3 aromatic rings. The van der Waals surface area contributed by atoms with Crippen LogP contribution in [0.2, 0.25) is 0 Å². The van der Waals surface area contributed by atoms with E-state index in [9.17, 15) is 22.8 Å². The molecule has 182 valence electrons. The number of aromatic nitrogens is 6. The smallest absolute Gasteiger partial charge is 0.434 e. The molecule has 0 spiro atoms. The van der Waals surface area contributed by atoms with Crippen LogP contribution in [0.5, 0.6) is 11.8 Å². The third kappa shape index (κ3) is 5.41. The molecule has 0 radical (unpaired) electrons. The fourth-order valence-corrected chi connectivity index (χ4v) is 2.61. The van der Waals surface area contributed by atoms with E-state index < -0.39 is 23.8 Å². The summed E-state index contributed by atoms with van der Waals surface area (Å²) in [6, 6.07) is 0. The van der Waals surface area contributed by atoms with Crippen LogP contribution in [0.4, 0.5) is 13.2 Å². The molecule has 0 unspecified atom stereocenters. The minimum Gasteiger partial charge on any atom is -0.479 e. The molecule has 0 bridgehead atoms. The standard InChI is InChI=1S/C19H19F3N6O6/c1-4-32-17(29)11-8-27(25-15(11)31-3)10-34-16-12(18(30)33-5-2)9-28(26-16)14-7-23-13(6-24-14)19(20,21)22/h6-9H,4-5,10H2,1-3H3. The van der Waals surface area contributed by atoms with Crippen LogP contribution in [-0.4, -0.2) is 61.8 Å². The summed E-state index contributed by atoms with van der Waals surface area (Å²) in [5.74, 6) is -1.75. The largest absolute Gasteiger partial charge is 0.479 e. The lowest BCUT2D eigenvalue weighted by molar-refractivity contribution is -0.141. The zero-order valence-electron chi connectivity index (χ0n) is 18.2. The molecule has 3 rings (SSSR count). The van der Waals surface area contributed by atoms with Crippen LogP contribution in [0.15, 0.2) is 24.8 Å². The molecule has 0 aliphatic heterocycles. The van der Waals surface area contributed by atoms with Crippen molar-refractivity contribution in [2.75, 3.05) is 20.3 Å². The number of methoxy groups -OCH3 is 1. The quantitative estimate of drug-likeness (QED) is 0.417. The first-order chi connectivity index (χ1) is 16.2. The van der Waals surface area contributed by atoms with E-state index in [0.29, 0.717) is 6.20 Å². The van der Waals surface area contributed by atoms with E-state index in [1.807, 2.05) is 0 Å². The summed E-state index contributed by atoms with van der Waals surface area (Å²) in [7, 11) is 1.32. The van der Waals surface area contributed by atoms with E-state index >= 15 is 0 Å². The van der Waals surface area contributed by atoms with E-state index in [2.05, 4.69) is 20.2 Å². The lowest BCUT2D eigenvalue weighted by Gasteiger charge is -2.06. The predicted molar refractivity (Wildman–Crippen MR) is 105 cm³/mol. The van der Waals surface area contributed by atoms with Crippen LogP contribution >= 0.6 is 0 Å². The Bertz CT molecular complexity index is 1160.